The molecule has 1 fully saturated rings. The molecule has 2 aromatic carbocycles. The van der Waals surface area contributed by atoms with Crippen LogP contribution in [0.15, 0.2) is 48.5 Å². The number of nitrogens with zero attached hydrogens (tertiary/aromatic N) is 1. The standard InChI is InChI=1S/C26H27N3O3/c1-31-17-12-13-23(32-2)20(14-17)25-24-19(18-10-6-7-11-21(18)28-24)15-22(29-25)26(30)27-16-8-4-3-5-9-16/h6-7,10-16,28H,3-5,8-9H2,1-2H3,(H,27,30). The number of carbonyl (C=O) groups is 1. The van der Waals surface area contributed by atoms with E-state index in [1.54, 1.807) is 14.2 Å². The molecule has 1 amide bonds. The van der Waals surface area contributed by atoms with Gasteiger partial charge < -0.3 is 19.8 Å². The van der Waals surface area contributed by atoms with Gasteiger partial charge in [0.05, 0.1) is 25.4 Å². The van der Waals surface area contributed by atoms with Gasteiger partial charge in [-0.25, -0.2) is 4.98 Å². The minimum Gasteiger partial charge on any atom is -0.497 e. The highest BCUT2D eigenvalue weighted by Crippen LogP contribution is 2.38. The Hall–Kier alpha value is -3.54. The Morgan fingerprint density at radius 1 is 1.00 bits per heavy atom. The zero-order valence-corrected chi connectivity index (χ0v) is 18.4. The van der Waals surface area contributed by atoms with Crippen molar-refractivity contribution >= 4 is 27.7 Å². The molecular weight excluding hydrogens is 402 g/mol. The number of pyridine rings is 1. The summed E-state index contributed by atoms with van der Waals surface area (Å²) in [5, 5.41) is 5.22. The van der Waals surface area contributed by atoms with Crippen LogP contribution >= 0.6 is 0 Å². The summed E-state index contributed by atoms with van der Waals surface area (Å²) < 4.78 is 11.1. The quantitative estimate of drug-likeness (QED) is 0.441. The van der Waals surface area contributed by atoms with E-state index in [1.807, 2.05) is 42.5 Å². The highest BCUT2D eigenvalue weighted by Gasteiger charge is 2.22. The lowest BCUT2D eigenvalue weighted by Gasteiger charge is -2.22. The average Bonchev–Trinajstić information content (AvgIpc) is 3.22. The number of benzene rings is 2. The summed E-state index contributed by atoms with van der Waals surface area (Å²) in [6.07, 6.45) is 5.61. The Morgan fingerprint density at radius 3 is 2.59 bits per heavy atom. The number of aromatic nitrogens is 2. The second-order valence-corrected chi connectivity index (χ2v) is 8.32. The molecule has 1 saturated carbocycles. The lowest BCUT2D eigenvalue weighted by atomic mass is 9.95. The van der Waals surface area contributed by atoms with Gasteiger partial charge in [-0.15, -0.1) is 0 Å². The van der Waals surface area contributed by atoms with Crippen LogP contribution in [0.5, 0.6) is 11.5 Å². The van der Waals surface area contributed by atoms with Gasteiger partial charge in [0, 0.05) is 27.9 Å². The molecule has 2 N–H and O–H groups in total. The third-order valence-electron chi connectivity index (χ3n) is 6.33. The monoisotopic (exact) mass is 429 g/mol. The topological polar surface area (TPSA) is 76.2 Å². The lowest BCUT2D eigenvalue weighted by molar-refractivity contribution is 0.0923. The maximum Gasteiger partial charge on any atom is 0.270 e. The largest absolute Gasteiger partial charge is 0.497 e. The maximum absolute atomic E-state index is 13.2. The van der Waals surface area contributed by atoms with E-state index in [9.17, 15) is 4.79 Å². The van der Waals surface area contributed by atoms with Gasteiger partial charge in [0.15, 0.2) is 0 Å². The van der Waals surface area contributed by atoms with Crippen LogP contribution in [0.1, 0.15) is 42.6 Å². The van der Waals surface area contributed by atoms with Gasteiger partial charge in [-0.1, -0.05) is 37.5 Å². The SMILES string of the molecule is COc1ccc(OC)c(-c2nc(C(=O)NC3CCCCC3)cc3c2[nH]c2ccccc23)c1. The highest BCUT2D eigenvalue weighted by atomic mass is 16.5. The number of ether oxygens (including phenoxy) is 2. The van der Waals surface area contributed by atoms with E-state index >= 15 is 0 Å². The molecule has 5 rings (SSSR count). The molecule has 0 aliphatic heterocycles. The Bertz CT molecular complexity index is 1290. The summed E-state index contributed by atoms with van der Waals surface area (Å²) in [4.78, 5) is 21.6. The zero-order valence-electron chi connectivity index (χ0n) is 18.4. The van der Waals surface area contributed by atoms with E-state index < -0.39 is 0 Å². The number of para-hydroxylation sites is 1. The molecule has 164 valence electrons. The van der Waals surface area contributed by atoms with Crippen molar-refractivity contribution in [3.63, 3.8) is 0 Å². The average molecular weight is 430 g/mol. The molecule has 0 spiro atoms. The summed E-state index contributed by atoms with van der Waals surface area (Å²) >= 11 is 0. The van der Waals surface area contributed by atoms with Crippen molar-refractivity contribution in [2.75, 3.05) is 14.2 Å². The van der Waals surface area contributed by atoms with Gasteiger partial charge in [0.1, 0.15) is 17.2 Å². The minimum atomic E-state index is -0.132. The molecule has 2 aromatic heterocycles. The van der Waals surface area contributed by atoms with Gasteiger partial charge in [-0.05, 0) is 43.2 Å². The molecular formula is C26H27N3O3. The van der Waals surface area contributed by atoms with Gasteiger partial charge in [-0.3, -0.25) is 4.79 Å². The second kappa shape index (κ2) is 8.54. The number of amides is 1. The molecule has 1 aliphatic rings. The smallest absolute Gasteiger partial charge is 0.270 e. The molecule has 0 bridgehead atoms. The molecule has 0 atom stereocenters. The van der Waals surface area contributed by atoms with Crippen molar-refractivity contribution < 1.29 is 14.3 Å². The Morgan fingerprint density at radius 2 is 1.81 bits per heavy atom. The van der Waals surface area contributed by atoms with E-state index in [0.717, 1.165) is 53.1 Å². The summed E-state index contributed by atoms with van der Waals surface area (Å²) in [6.45, 7) is 0. The number of hydrogen-bond acceptors (Lipinski definition) is 4. The number of nitrogens with one attached hydrogen (secondary N) is 2. The first-order valence-corrected chi connectivity index (χ1v) is 11.1. The number of H-pyrrole nitrogens is 1. The van der Waals surface area contributed by atoms with Crippen molar-refractivity contribution in [2.24, 2.45) is 0 Å². The zero-order chi connectivity index (χ0) is 22.1. The van der Waals surface area contributed by atoms with Crippen molar-refractivity contribution in [1.82, 2.24) is 15.3 Å². The fourth-order valence-electron chi connectivity index (χ4n) is 4.66. The van der Waals surface area contributed by atoms with Gasteiger partial charge in [0.2, 0.25) is 0 Å². The summed E-state index contributed by atoms with van der Waals surface area (Å²) in [7, 11) is 3.26. The minimum absolute atomic E-state index is 0.132. The molecule has 0 unspecified atom stereocenters. The third kappa shape index (κ3) is 3.66. The first-order valence-electron chi connectivity index (χ1n) is 11.1. The molecule has 32 heavy (non-hydrogen) atoms. The number of hydrogen-bond donors (Lipinski definition) is 2. The molecule has 6 nitrogen and oxygen atoms in total. The Labute approximate surface area is 186 Å². The van der Waals surface area contributed by atoms with E-state index in [0.29, 0.717) is 22.9 Å². The summed E-state index contributed by atoms with van der Waals surface area (Å²) in [5.41, 5.74) is 3.72. The van der Waals surface area contributed by atoms with E-state index in [1.165, 1.54) is 6.42 Å². The molecule has 4 aromatic rings. The highest BCUT2D eigenvalue weighted by molar-refractivity contribution is 6.13. The fraction of sp³-hybridized carbons (Fsp3) is 0.308. The van der Waals surface area contributed by atoms with Gasteiger partial charge in [-0.2, -0.15) is 0 Å². The number of fused-ring (bicyclic) bond motifs is 3. The fourth-order valence-corrected chi connectivity index (χ4v) is 4.66. The molecule has 0 radical (unpaired) electrons. The number of carbonyl (C=O) groups excluding carboxylic acids is 1. The maximum atomic E-state index is 13.2. The van der Waals surface area contributed by atoms with Gasteiger partial charge >= 0.3 is 0 Å². The van der Waals surface area contributed by atoms with Crippen molar-refractivity contribution in [1.29, 1.82) is 0 Å². The lowest BCUT2D eigenvalue weighted by Crippen LogP contribution is -2.36. The normalized spacial score (nSPS) is 14.6. The predicted molar refractivity (Wildman–Crippen MR) is 126 cm³/mol. The van der Waals surface area contributed by atoms with E-state index in [-0.39, 0.29) is 11.9 Å². The van der Waals surface area contributed by atoms with Crippen molar-refractivity contribution in [2.45, 2.75) is 38.1 Å². The van der Waals surface area contributed by atoms with Crippen LogP contribution in [-0.2, 0) is 0 Å². The first kappa shape index (κ1) is 20.4. The van der Waals surface area contributed by atoms with Gasteiger partial charge in [0.25, 0.3) is 5.91 Å². The third-order valence-corrected chi connectivity index (χ3v) is 6.33. The second-order valence-electron chi connectivity index (χ2n) is 8.32. The predicted octanol–water partition coefficient (Wildman–Crippen LogP) is 5.46. The van der Waals surface area contributed by atoms with Crippen LogP contribution in [0.2, 0.25) is 0 Å². The Kier molecular flexibility index (Phi) is 5.43. The first-order chi connectivity index (χ1) is 15.7. The van der Waals surface area contributed by atoms with Crippen LogP contribution in [0.25, 0.3) is 33.1 Å². The molecule has 1 aliphatic carbocycles. The number of methoxy groups -OCH3 is 2. The van der Waals surface area contributed by atoms with Crippen LogP contribution in [-0.4, -0.2) is 36.1 Å². The summed E-state index contributed by atoms with van der Waals surface area (Å²) in [6, 6.07) is 15.8. The van der Waals surface area contributed by atoms with Crippen molar-refractivity contribution in [3.05, 3.63) is 54.2 Å². The Balaban J connectivity index is 1.70. The molecule has 6 heteroatoms. The van der Waals surface area contributed by atoms with Crippen LogP contribution in [0.3, 0.4) is 0 Å². The number of aromatic amines is 1. The van der Waals surface area contributed by atoms with E-state index in [4.69, 9.17) is 14.5 Å². The van der Waals surface area contributed by atoms with Crippen LogP contribution in [0, 0.1) is 0 Å². The number of rotatable bonds is 5. The molecule has 0 saturated heterocycles. The summed E-state index contributed by atoms with van der Waals surface area (Å²) in [5.74, 6) is 1.24. The van der Waals surface area contributed by atoms with Crippen molar-refractivity contribution in [3.8, 4) is 22.8 Å². The van der Waals surface area contributed by atoms with E-state index in [2.05, 4.69) is 16.4 Å². The van der Waals surface area contributed by atoms with Crippen LogP contribution in [0.4, 0.5) is 0 Å². The van der Waals surface area contributed by atoms with Crippen LogP contribution < -0.4 is 14.8 Å². The molecule has 2 heterocycles.